The van der Waals surface area contributed by atoms with Crippen LogP contribution in [0.4, 0.5) is 0 Å². The Morgan fingerprint density at radius 2 is 1.76 bits per heavy atom. The van der Waals surface area contributed by atoms with Crippen molar-refractivity contribution < 1.29 is 14.3 Å². The third-order valence-electron chi connectivity index (χ3n) is 2.76. The molecule has 1 amide bonds. The molecule has 0 aliphatic rings. The minimum Gasteiger partial charge on any atom is -0.497 e. The van der Waals surface area contributed by atoms with Gasteiger partial charge in [-0.25, -0.2) is 0 Å². The molecule has 5 heteroatoms. The molecule has 2 aromatic carbocycles. The largest absolute Gasteiger partial charge is 0.497 e. The van der Waals surface area contributed by atoms with Gasteiger partial charge in [0.05, 0.1) is 12.9 Å². The SMILES string of the molecule is COc1ccc(Oc2ccccc2CSCC(N)=O)cc1. The maximum atomic E-state index is 10.8. The average Bonchev–Trinajstić information content (AvgIpc) is 2.49. The molecule has 2 aromatic rings. The number of nitrogens with two attached hydrogens (primary N) is 1. The first-order valence-electron chi connectivity index (χ1n) is 6.45. The van der Waals surface area contributed by atoms with E-state index in [9.17, 15) is 4.79 Å². The summed E-state index contributed by atoms with van der Waals surface area (Å²) < 4.78 is 11.0. The summed E-state index contributed by atoms with van der Waals surface area (Å²) in [6.45, 7) is 0. The minimum atomic E-state index is -0.312. The number of thioether (sulfide) groups is 1. The molecule has 0 fully saturated rings. The van der Waals surface area contributed by atoms with Gasteiger partial charge in [-0.05, 0) is 30.3 Å². The lowest BCUT2D eigenvalue weighted by Crippen LogP contribution is -2.13. The van der Waals surface area contributed by atoms with Gasteiger partial charge in [-0.15, -0.1) is 11.8 Å². The number of ether oxygens (including phenoxy) is 2. The predicted molar refractivity (Wildman–Crippen MR) is 84.9 cm³/mol. The highest BCUT2D eigenvalue weighted by Crippen LogP contribution is 2.29. The summed E-state index contributed by atoms with van der Waals surface area (Å²) in [5.74, 6) is 2.97. The van der Waals surface area contributed by atoms with Crippen LogP contribution in [-0.2, 0) is 10.5 Å². The van der Waals surface area contributed by atoms with Crippen LogP contribution in [0.15, 0.2) is 48.5 Å². The molecule has 4 nitrogen and oxygen atoms in total. The lowest BCUT2D eigenvalue weighted by molar-refractivity contribution is -0.115. The Labute approximate surface area is 128 Å². The van der Waals surface area contributed by atoms with Crippen LogP contribution in [0.2, 0.25) is 0 Å². The van der Waals surface area contributed by atoms with E-state index in [2.05, 4.69) is 0 Å². The van der Waals surface area contributed by atoms with Gasteiger partial charge in [-0.1, -0.05) is 18.2 Å². The molecule has 0 saturated carbocycles. The standard InChI is InChI=1S/C16H17NO3S/c1-19-13-6-8-14(9-7-13)20-15-5-3-2-4-12(15)10-21-11-16(17)18/h2-9H,10-11H2,1H3,(H2,17,18). The van der Waals surface area contributed by atoms with Crippen LogP contribution in [0.3, 0.4) is 0 Å². The molecule has 0 spiro atoms. The third-order valence-corrected chi connectivity index (χ3v) is 3.77. The molecule has 0 saturated heterocycles. The van der Waals surface area contributed by atoms with Gasteiger partial charge in [0.25, 0.3) is 0 Å². The molecule has 0 bridgehead atoms. The van der Waals surface area contributed by atoms with Crippen molar-refractivity contribution in [2.24, 2.45) is 5.73 Å². The Morgan fingerprint density at radius 1 is 1.10 bits per heavy atom. The highest BCUT2D eigenvalue weighted by Gasteiger charge is 2.06. The summed E-state index contributed by atoms with van der Waals surface area (Å²) in [4.78, 5) is 10.8. The average molecular weight is 303 g/mol. The molecular weight excluding hydrogens is 286 g/mol. The lowest BCUT2D eigenvalue weighted by atomic mass is 10.2. The first-order chi connectivity index (χ1) is 10.2. The highest BCUT2D eigenvalue weighted by molar-refractivity contribution is 7.99. The maximum Gasteiger partial charge on any atom is 0.227 e. The van der Waals surface area contributed by atoms with E-state index < -0.39 is 0 Å². The first kappa shape index (κ1) is 15.3. The van der Waals surface area contributed by atoms with E-state index in [4.69, 9.17) is 15.2 Å². The number of methoxy groups -OCH3 is 1. The van der Waals surface area contributed by atoms with Crippen LogP contribution in [0.1, 0.15) is 5.56 Å². The Bertz CT molecular complexity index is 599. The number of rotatable bonds is 7. The van der Waals surface area contributed by atoms with Gasteiger partial charge in [0.2, 0.25) is 5.91 Å². The molecule has 0 atom stereocenters. The van der Waals surface area contributed by atoms with Crippen molar-refractivity contribution >= 4 is 17.7 Å². The summed E-state index contributed by atoms with van der Waals surface area (Å²) >= 11 is 1.47. The van der Waals surface area contributed by atoms with E-state index in [0.717, 1.165) is 22.8 Å². The van der Waals surface area contributed by atoms with E-state index in [-0.39, 0.29) is 5.91 Å². The van der Waals surface area contributed by atoms with Gasteiger partial charge in [-0.3, -0.25) is 4.79 Å². The van der Waals surface area contributed by atoms with Gasteiger partial charge in [0, 0.05) is 11.3 Å². The molecule has 110 valence electrons. The van der Waals surface area contributed by atoms with Crippen LogP contribution in [0.5, 0.6) is 17.2 Å². The van der Waals surface area contributed by atoms with E-state index in [0.29, 0.717) is 11.5 Å². The number of carbonyl (C=O) groups is 1. The summed E-state index contributed by atoms with van der Waals surface area (Å²) in [6.07, 6.45) is 0. The zero-order chi connectivity index (χ0) is 15.1. The molecule has 0 aromatic heterocycles. The van der Waals surface area contributed by atoms with Gasteiger partial charge in [0.15, 0.2) is 0 Å². The summed E-state index contributed by atoms with van der Waals surface area (Å²) in [5.41, 5.74) is 6.17. The number of amides is 1. The number of para-hydroxylation sites is 1. The molecule has 21 heavy (non-hydrogen) atoms. The van der Waals surface area contributed by atoms with Crippen LogP contribution >= 0.6 is 11.8 Å². The second kappa shape index (κ2) is 7.59. The molecule has 0 unspecified atom stereocenters. The number of hydrogen-bond donors (Lipinski definition) is 1. The fourth-order valence-electron chi connectivity index (χ4n) is 1.75. The molecule has 0 radical (unpaired) electrons. The van der Waals surface area contributed by atoms with Crippen molar-refractivity contribution in [3.8, 4) is 17.2 Å². The van der Waals surface area contributed by atoms with E-state index in [1.807, 2.05) is 48.5 Å². The monoisotopic (exact) mass is 303 g/mol. The number of hydrogen-bond acceptors (Lipinski definition) is 4. The maximum absolute atomic E-state index is 10.8. The van der Waals surface area contributed by atoms with Crippen molar-refractivity contribution in [1.29, 1.82) is 0 Å². The molecule has 0 aliphatic carbocycles. The zero-order valence-corrected chi connectivity index (χ0v) is 12.6. The molecule has 0 heterocycles. The zero-order valence-electron chi connectivity index (χ0n) is 11.7. The van der Waals surface area contributed by atoms with Crippen molar-refractivity contribution in [3.05, 3.63) is 54.1 Å². The van der Waals surface area contributed by atoms with Gasteiger partial charge < -0.3 is 15.2 Å². The second-order valence-electron chi connectivity index (χ2n) is 4.34. The summed E-state index contributed by atoms with van der Waals surface area (Å²) in [6, 6.07) is 15.2. The third kappa shape index (κ3) is 4.72. The van der Waals surface area contributed by atoms with Gasteiger partial charge in [-0.2, -0.15) is 0 Å². The smallest absolute Gasteiger partial charge is 0.227 e. The fourth-order valence-corrected chi connectivity index (χ4v) is 2.52. The Balaban J connectivity index is 2.06. The number of benzene rings is 2. The summed E-state index contributed by atoms with van der Waals surface area (Å²) in [7, 11) is 1.63. The Morgan fingerprint density at radius 3 is 2.43 bits per heavy atom. The lowest BCUT2D eigenvalue weighted by Gasteiger charge is -2.11. The Kier molecular flexibility index (Phi) is 5.51. The normalized spacial score (nSPS) is 10.1. The molecule has 2 rings (SSSR count). The van der Waals surface area contributed by atoms with E-state index in [1.165, 1.54) is 11.8 Å². The van der Waals surface area contributed by atoms with Crippen LogP contribution < -0.4 is 15.2 Å². The molecule has 0 aliphatic heterocycles. The number of carbonyl (C=O) groups excluding carboxylic acids is 1. The minimum absolute atomic E-state index is 0.302. The molecular formula is C16H17NO3S. The van der Waals surface area contributed by atoms with Crippen molar-refractivity contribution in [2.45, 2.75) is 5.75 Å². The fraction of sp³-hybridized carbons (Fsp3) is 0.188. The van der Waals surface area contributed by atoms with Crippen LogP contribution in [0.25, 0.3) is 0 Å². The van der Waals surface area contributed by atoms with Crippen molar-refractivity contribution in [1.82, 2.24) is 0 Å². The van der Waals surface area contributed by atoms with Crippen LogP contribution in [-0.4, -0.2) is 18.8 Å². The van der Waals surface area contributed by atoms with E-state index in [1.54, 1.807) is 7.11 Å². The number of primary amides is 1. The predicted octanol–water partition coefficient (Wildman–Crippen LogP) is 3.21. The quantitative estimate of drug-likeness (QED) is 0.853. The first-order valence-corrected chi connectivity index (χ1v) is 7.60. The van der Waals surface area contributed by atoms with Crippen molar-refractivity contribution in [2.75, 3.05) is 12.9 Å². The Hall–Kier alpha value is -2.14. The van der Waals surface area contributed by atoms with Crippen LogP contribution in [0, 0.1) is 0 Å². The summed E-state index contributed by atoms with van der Waals surface area (Å²) in [5, 5.41) is 0. The second-order valence-corrected chi connectivity index (χ2v) is 5.33. The topological polar surface area (TPSA) is 61.6 Å². The van der Waals surface area contributed by atoms with Crippen molar-refractivity contribution in [3.63, 3.8) is 0 Å². The van der Waals surface area contributed by atoms with E-state index >= 15 is 0 Å². The van der Waals surface area contributed by atoms with Gasteiger partial charge in [0.1, 0.15) is 17.2 Å². The molecule has 2 N–H and O–H groups in total. The van der Waals surface area contributed by atoms with Gasteiger partial charge >= 0.3 is 0 Å². The highest BCUT2D eigenvalue weighted by atomic mass is 32.2.